The number of hydrogen-bond donors (Lipinski definition) is 2. The fourth-order valence-electron chi connectivity index (χ4n) is 1.60. The molecule has 0 spiro atoms. The van der Waals surface area contributed by atoms with Gasteiger partial charge in [0.15, 0.2) is 0 Å². The van der Waals surface area contributed by atoms with Crippen molar-refractivity contribution >= 4 is 11.3 Å². The summed E-state index contributed by atoms with van der Waals surface area (Å²) in [4.78, 5) is 1.48. The fourth-order valence-corrected chi connectivity index (χ4v) is 2.62. The molecule has 1 heterocycles. The van der Waals surface area contributed by atoms with Crippen molar-refractivity contribution in [3.63, 3.8) is 0 Å². The number of unbranched alkanes of at least 4 members (excludes halogenated alkanes) is 1. The molecule has 1 rings (SSSR count). The first-order valence-corrected chi connectivity index (χ1v) is 6.17. The fraction of sp³-hybridized carbons (Fsp3) is 0.636. The maximum absolute atomic E-state index is 5.70. The van der Waals surface area contributed by atoms with E-state index in [1.54, 1.807) is 0 Å². The van der Waals surface area contributed by atoms with Crippen molar-refractivity contribution < 1.29 is 0 Å². The number of rotatable bonds is 6. The van der Waals surface area contributed by atoms with Crippen LogP contribution in [-0.2, 0) is 6.42 Å². The standard InChI is InChI=1S/C11H20N2S/c1-2-3-4-11-10(5-6-14-11)9(7-12)8-13/h5-6,9H,2-4,7-8,12-13H2,1H3. The second kappa shape index (κ2) is 6.17. The van der Waals surface area contributed by atoms with Gasteiger partial charge in [-0.2, -0.15) is 0 Å². The Kier molecular flexibility index (Phi) is 5.15. The smallest absolute Gasteiger partial charge is 0.00950 e. The van der Waals surface area contributed by atoms with E-state index >= 15 is 0 Å². The zero-order valence-corrected chi connectivity index (χ0v) is 9.65. The zero-order valence-electron chi connectivity index (χ0n) is 8.83. The summed E-state index contributed by atoms with van der Waals surface area (Å²) in [5, 5.41) is 2.15. The average molecular weight is 212 g/mol. The lowest BCUT2D eigenvalue weighted by Crippen LogP contribution is -2.21. The molecule has 0 fully saturated rings. The van der Waals surface area contributed by atoms with Gasteiger partial charge in [-0.05, 0) is 29.9 Å². The van der Waals surface area contributed by atoms with Crippen molar-refractivity contribution in [2.24, 2.45) is 11.5 Å². The molecule has 0 aliphatic heterocycles. The summed E-state index contributed by atoms with van der Waals surface area (Å²) in [6, 6.07) is 2.18. The quantitative estimate of drug-likeness (QED) is 0.758. The van der Waals surface area contributed by atoms with E-state index in [-0.39, 0.29) is 0 Å². The minimum atomic E-state index is 0.355. The molecular weight excluding hydrogens is 192 g/mol. The molecule has 0 aliphatic carbocycles. The lowest BCUT2D eigenvalue weighted by Gasteiger charge is -2.12. The molecule has 0 saturated heterocycles. The van der Waals surface area contributed by atoms with E-state index in [2.05, 4.69) is 18.4 Å². The van der Waals surface area contributed by atoms with E-state index in [9.17, 15) is 0 Å². The summed E-state index contributed by atoms with van der Waals surface area (Å²) >= 11 is 1.84. The summed E-state index contributed by atoms with van der Waals surface area (Å²) in [5.41, 5.74) is 12.8. The molecule has 0 bridgehead atoms. The molecule has 0 amide bonds. The van der Waals surface area contributed by atoms with Gasteiger partial charge in [-0.3, -0.25) is 0 Å². The van der Waals surface area contributed by atoms with E-state index < -0.39 is 0 Å². The van der Waals surface area contributed by atoms with Gasteiger partial charge in [-0.1, -0.05) is 13.3 Å². The van der Waals surface area contributed by atoms with Gasteiger partial charge >= 0.3 is 0 Å². The summed E-state index contributed by atoms with van der Waals surface area (Å²) in [5.74, 6) is 0.355. The number of aryl methyl sites for hydroxylation is 1. The lowest BCUT2D eigenvalue weighted by molar-refractivity contribution is 0.696. The first kappa shape index (κ1) is 11.7. The molecular formula is C11H20N2S. The van der Waals surface area contributed by atoms with Gasteiger partial charge in [0.2, 0.25) is 0 Å². The molecule has 1 aromatic rings. The van der Waals surface area contributed by atoms with Crippen LogP contribution in [0.5, 0.6) is 0 Å². The Hall–Kier alpha value is -0.380. The number of thiophene rings is 1. The third-order valence-electron chi connectivity index (χ3n) is 2.55. The topological polar surface area (TPSA) is 52.0 Å². The Morgan fingerprint density at radius 2 is 2.07 bits per heavy atom. The van der Waals surface area contributed by atoms with E-state index in [1.807, 2.05) is 11.3 Å². The van der Waals surface area contributed by atoms with Crippen LogP contribution in [0.4, 0.5) is 0 Å². The molecule has 0 aliphatic rings. The van der Waals surface area contributed by atoms with Gasteiger partial charge in [0.1, 0.15) is 0 Å². The van der Waals surface area contributed by atoms with Gasteiger partial charge < -0.3 is 11.5 Å². The normalized spacial score (nSPS) is 11.1. The predicted molar refractivity (Wildman–Crippen MR) is 63.8 cm³/mol. The molecule has 3 heteroatoms. The number of hydrogen-bond acceptors (Lipinski definition) is 3. The van der Waals surface area contributed by atoms with Gasteiger partial charge in [-0.15, -0.1) is 11.3 Å². The second-order valence-electron chi connectivity index (χ2n) is 3.57. The van der Waals surface area contributed by atoms with Crippen LogP contribution in [0.15, 0.2) is 11.4 Å². The summed E-state index contributed by atoms with van der Waals surface area (Å²) in [6.45, 7) is 3.54. The average Bonchev–Trinajstić information content (AvgIpc) is 2.65. The van der Waals surface area contributed by atoms with Crippen LogP contribution >= 0.6 is 11.3 Å². The van der Waals surface area contributed by atoms with Crippen molar-refractivity contribution in [3.8, 4) is 0 Å². The Labute approximate surface area is 90.3 Å². The van der Waals surface area contributed by atoms with E-state index in [0.29, 0.717) is 19.0 Å². The second-order valence-corrected chi connectivity index (χ2v) is 4.57. The van der Waals surface area contributed by atoms with Crippen molar-refractivity contribution in [1.29, 1.82) is 0 Å². The first-order valence-electron chi connectivity index (χ1n) is 5.29. The third-order valence-corrected chi connectivity index (χ3v) is 3.54. The largest absolute Gasteiger partial charge is 0.330 e. The van der Waals surface area contributed by atoms with Crippen molar-refractivity contribution in [2.75, 3.05) is 13.1 Å². The van der Waals surface area contributed by atoms with Gasteiger partial charge in [-0.25, -0.2) is 0 Å². The molecule has 0 unspecified atom stereocenters. The van der Waals surface area contributed by atoms with Crippen molar-refractivity contribution in [2.45, 2.75) is 32.1 Å². The van der Waals surface area contributed by atoms with Gasteiger partial charge in [0, 0.05) is 23.9 Å². The molecule has 14 heavy (non-hydrogen) atoms. The molecule has 0 radical (unpaired) electrons. The number of nitrogens with two attached hydrogens (primary N) is 2. The van der Waals surface area contributed by atoms with Crippen LogP contribution in [0.1, 0.15) is 36.1 Å². The third kappa shape index (κ3) is 2.80. The van der Waals surface area contributed by atoms with E-state index in [0.717, 1.165) is 0 Å². The Bertz CT molecular complexity index is 254. The highest BCUT2D eigenvalue weighted by Gasteiger charge is 2.12. The minimum absolute atomic E-state index is 0.355. The van der Waals surface area contributed by atoms with Crippen molar-refractivity contribution in [1.82, 2.24) is 0 Å². The van der Waals surface area contributed by atoms with Crippen molar-refractivity contribution in [3.05, 3.63) is 21.9 Å². The maximum atomic E-state index is 5.70. The van der Waals surface area contributed by atoms with Gasteiger partial charge in [0.05, 0.1) is 0 Å². The Morgan fingerprint density at radius 3 is 2.64 bits per heavy atom. The highest BCUT2D eigenvalue weighted by molar-refractivity contribution is 7.10. The van der Waals surface area contributed by atoms with Crippen LogP contribution in [0, 0.1) is 0 Å². The summed E-state index contributed by atoms with van der Waals surface area (Å²) in [7, 11) is 0. The SMILES string of the molecule is CCCCc1sccc1C(CN)CN. The van der Waals surface area contributed by atoms with Crippen LogP contribution in [0.3, 0.4) is 0 Å². The lowest BCUT2D eigenvalue weighted by atomic mass is 9.98. The Morgan fingerprint density at radius 1 is 1.36 bits per heavy atom. The molecule has 2 nitrogen and oxygen atoms in total. The van der Waals surface area contributed by atoms with Gasteiger partial charge in [0.25, 0.3) is 0 Å². The Balaban J connectivity index is 2.69. The molecule has 0 saturated carbocycles. The molecule has 0 aromatic carbocycles. The summed E-state index contributed by atoms with van der Waals surface area (Å²) in [6.07, 6.45) is 3.68. The van der Waals surface area contributed by atoms with Crippen LogP contribution in [-0.4, -0.2) is 13.1 Å². The van der Waals surface area contributed by atoms with E-state index in [1.165, 1.54) is 29.7 Å². The first-order chi connectivity index (χ1) is 6.83. The monoisotopic (exact) mass is 212 g/mol. The minimum Gasteiger partial charge on any atom is -0.330 e. The van der Waals surface area contributed by atoms with E-state index in [4.69, 9.17) is 11.5 Å². The van der Waals surface area contributed by atoms with Crippen LogP contribution in [0.2, 0.25) is 0 Å². The predicted octanol–water partition coefficient (Wildman–Crippen LogP) is 2.09. The highest BCUT2D eigenvalue weighted by atomic mass is 32.1. The maximum Gasteiger partial charge on any atom is 0.00950 e. The molecule has 1 aromatic heterocycles. The molecule has 80 valence electrons. The summed E-state index contributed by atoms with van der Waals surface area (Å²) < 4.78 is 0. The molecule has 0 atom stereocenters. The van der Waals surface area contributed by atoms with Crippen LogP contribution < -0.4 is 11.5 Å². The highest BCUT2D eigenvalue weighted by Crippen LogP contribution is 2.25. The zero-order chi connectivity index (χ0) is 10.4. The molecule has 4 N–H and O–H groups in total. The van der Waals surface area contributed by atoms with Crippen LogP contribution in [0.25, 0.3) is 0 Å².